The Labute approximate surface area is 249 Å². The first-order chi connectivity index (χ1) is 19.1. The van der Waals surface area contributed by atoms with Crippen LogP contribution in [0.2, 0.25) is 15.1 Å². The molecule has 2 aromatic carbocycles. The Morgan fingerprint density at radius 2 is 1.60 bits per heavy atom. The van der Waals surface area contributed by atoms with E-state index in [1.54, 1.807) is 29.3 Å². The van der Waals surface area contributed by atoms with Gasteiger partial charge in [-0.2, -0.15) is 0 Å². The molecule has 3 fully saturated rings. The molecule has 40 heavy (non-hydrogen) atoms. The molecule has 212 valence electrons. The first-order valence-electron chi connectivity index (χ1n) is 13.5. The quantitative estimate of drug-likeness (QED) is 0.464. The van der Waals surface area contributed by atoms with Crippen molar-refractivity contribution in [3.8, 4) is 0 Å². The highest BCUT2D eigenvalue weighted by Gasteiger charge is 2.53. The normalized spacial score (nSPS) is 24.3. The Morgan fingerprint density at radius 3 is 2.27 bits per heavy atom. The Bertz CT molecular complexity index is 1490. The highest BCUT2D eigenvalue weighted by Crippen LogP contribution is 2.40. The minimum atomic E-state index is -4.23. The van der Waals surface area contributed by atoms with E-state index in [0.717, 1.165) is 37.7 Å². The number of benzene rings is 2. The number of nitrogens with zero attached hydrogens (tertiary/aromatic N) is 4. The minimum absolute atomic E-state index is 0.00696. The monoisotopic (exact) mass is 622 g/mol. The van der Waals surface area contributed by atoms with Gasteiger partial charge in [0.1, 0.15) is 22.8 Å². The zero-order chi connectivity index (χ0) is 28.2. The second kappa shape index (κ2) is 10.8. The van der Waals surface area contributed by atoms with Gasteiger partial charge in [0.05, 0.1) is 11.6 Å². The van der Waals surface area contributed by atoms with Crippen LogP contribution >= 0.6 is 34.8 Å². The lowest BCUT2D eigenvalue weighted by Crippen LogP contribution is -2.67. The number of amides is 2. The van der Waals surface area contributed by atoms with Crippen LogP contribution in [0.3, 0.4) is 0 Å². The second-order valence-electron chi connectivity index (χ2n) is 10.7. The number of halogens is 3. The summed E-state index contributed by atoms with van der Waals surface area (Å²) in [6, 6.07) is 9.75. The van der Waals surface area contributed by atoms with Crippen LogP contribution in [0.25, 0.3) is 0 Å². The van der Waals surface area contributed by atoms with Gasteiger partial charge in [-0.05, 0) is 74.7 Å². The first-order valence-corrected chi connectivity index (χ1v) is 16.1. The molecule has 0 radical (unpaired) electrons. The predicted molar refractivity (Wildman–Crippen MR) is 153 cm³/mol. The lowest BCUT2D eigenvalue weighted by molar-refractivity contribution is -0.152. The van der Waals surface area contributed by atoms with Crippen LogP contribution in [0.5, 0.6) is 0 Å². The molecule has 0 aromatic heterocycles. The summed E-state index contributed by atoms with van der Waals surface area (Å²) in [6.45, 7) is 1.29. The fourth-order valence-electron chi connectivity index (χ4n) is 5.86. The van der Waals surface area contributed by atoms with Crippen molar-refractivity contribution < 1.29 is 18.0 Å². The Morgan fingerprint density at radius 1 is 0.875 bits per heavy atom. The van der Waals surface area contributed by atoms with Crippen molar-refractivity contribution in [2.75, 3.05) is 19.6 Å². The lowest BCUT2D eigenvalue weighted by atomic mass is 9.98. The van der Waals surface area contributed by atoms with Crippen LogP contribution in [-0.2, 0) is 26.0 Å². The second-order valence-corrected chi connectivity index (χ2v) is 13.9. The van der Waals surface area contributed by atoms with E-state index in [9.17, 15) is 18.0 Å². The SMILES string of the molecule is O=C1C(Cc2cccc(Cl)c2)N2C(=O)C(N3CCCCC3)CN(S(=O)(=O)c3ccc(Cl)cc3Cl)C2=CN1C1CC1. The summed E-state index contributed by atoms with van der Waals surface area (Å²) in [5, 5.41) is 0.829. The van der Waals surface area contributed by atoms with Crippen molar-refractivity contribution in [3.05, 3.63) is 75.1 Å². The van der Waals surface area contributed by atoms with Crippen molar-refractivity contribution in [1.29, 1.82) is 0 Å². The van der Waals surface area contributed by atoms with E-state index >= 15 is 0 Å². The topological polar surface area (TPSA) is 81.2 Å². The van der Waals surface area contributed by atoms with E-state index in [2.05, 4.69) is 0 Å². The minimum Gasteiger partial charge on any atom is -0.311 e. The molecule has 8 nitrogen and oxygen atoms in total. The highest BCUT2D eigenvalue weighted by atomic mass is 35.5. The number of hydrogen-bond acceptors (Lipinski definition) is 5. The van der Waals surface area contributed by atoms with Gasteiger partial charge in [0.25, 0.3) is 10.0 Å². The van der Waals surface area contributed by atoms with Gasteiger partial charge in [-0.3, -0.25) is 19.4 Å². The van der Waals surface area contributed by atoms with Crippen molar-refractivity contribution >= 4 is 56.6 Å². The third-order valence-electron chi connectivity index (χ3n) is 8.02. The van der Waals surface area contributed by atoms with Crippen molar-refractivity contribution in [1.82, 2.24) is 19.0 Å². The van der Waals surface area contributed by atoms with E-state index in [4.69, 9.17) is 34.8 Å². The summed E-state index contributed by atoms with van der Waals surface area (Å²) in [7, 11) is -4.23. The number of carbonyl (C=O) groups excluding carboxylic acids is 2. The first kappa shape index (κ1) is 27.8. The maximum atomic E-state index is 14.3. The molecule has 4 aliphatic rings. The number of likely N-dealkylation sites (tertiary alicyclic amines) is 1. The molecule has 0 bridgehead atoms. The van der Waals surface area contributed by atoms with Crippen molar-refractivity contribution in [2.45, 2.75) is 61.5 Å². The Hall–Kier alpha value is -2.30. The van der Waals surface area contributed by atoms with E-state index in [1.165, 1.54) is 27.4 Å². The van der Waals surface area contributed by atoms with Crippen LogP contribution < -0.4 is 0 Å². The van der Waals surface area contributed by atoms with Gasteiger partial charge in [-0.15, -0.1) is 0 Å². The van der Waals surface area contributed by atoms with Crippen LogP contribution in [0.15, 0.2) is 59.4 Å². The van der Waals surface area contributed by atoms with Crippen LogP contribution in [0.4, 0.5) is 0 Å². The van der Waals surface area contributed by atoms with Crippen LogP contribution in [0, 0.1) is 0 Å². The molecule has 2 aromatic rings. The number of hydrogen-bond donors (Lipinski definition) is 0. The zero-order valence-corrected chi connectivity index (χ0v) is 24.8. The molecule has 2 unspecified atom stereocenters. The van der Waals surface area contributed by atoms with Gasteiger partial charge in [0, 0.05) is 28.7 Å². The summed E-state index contributed by atoms with van der Waals surface area (Å²) in [5.74, 6) is -0.318. The van der Waals surface area contributed by atoms with E-state index in [1.807, 2.05) is 11.0 Å². The van der Waals surface area contributed by atoms with Gasteiger partial charge in [0.2, 0.25) is 11.8 Å². The smallest absolute Gasteiger partial charge is 0.267 e. The van der Waals surface area contributed by atoms with Gasteiger partial charge in [-0.25, -0.2) is 12.7 Å². The van der Waals surface area contributed by atoms with Crippen LogP contribution in [-0.4, -0.2) is 77.0 Å². The Kier molecular flexibility index (Phi) is 7.54. The summed E-state index contributed by atoms with van der Waals surface area (Å²) in [4.78, 5) is 33.2. The number of piperidine rings is 1. The fourth-order valence-corrected chi connectivity index (χ4v) is 8.28. The molecule has 3 aliphatic heterocycles. The maximum Gasteiger partial charge on any atom is 0.267 e. The van der Waals surface area contributed by atoms with Crippen molar-refractivity contribution in [3.63, 3.8) is 0 Å². The zero-order valence-electron chi connectivity index (χ0n) is 21.7. The Balaban J connectivity index is 1.48. The fraction of sp³-hybridized carbons (Fsp3) is 0.429. The van der Waals surface area contributed by atoms with Crippen molar-refractivity contribution in [2.24, 2.45) is 0 Å². The average Bonchev–Trinajstić information content (AvgIpc) is 3.76. The molecule has 3 heterocycles. The molecule has 1 aliphatic carbocycles. The van der Waals surface area contributed by atoms with Gasteiger partial charge in [0.15, 0.2) is 0 Å². The largest absolute Gasteiger partial charge is 0.311 e. The molecule has 12 heteroatoms. The van der Waals surface area contributed by atoms with Gasteiger partial charge >= 0.3 is 0 Å². The van der Waals surface area contributed by atoms with E-state index in [0.29, 0.717) is 23.1 Å². The van der Waals surface area contributed by atoms with Gasteiger partial charge < -0.3 is 4.90 Å². The maximum absolute atomic E-state index is 14.3. The molecule has 1 saturated carbocycles. The predicted octanol–water partition coefficient (Wildman–Crippen LogP) is 4.75. The molecule has 2 saturated heterocycles. The third-order valence-corrected chi connectivity index (χ3v) is 10.7. The summed E-state index contributed by atoms with van der Waals surface area (Å²) in [5.41, 5.74) is 0.783. The number of fused-ring (bicyclic) bond motifs is 1. The molecular weight excluding hydrogens is 595 g/mol. The molecule has 0 spiro atoms. The lowest BCUT2D eigenvalue weighted by Gasteiger charge is -2.50. The molecule has 0 N–H and O–H groups in total. The summed E-state index contributed by atoms with van der Waals surface area (Å²) >= 11 is 18.7. The van der Waals surface area contributed by atoms with Gasteiger partial charge in [-0.1, -0.05) is 53.4 Å². The standard InChI is InChI=1S/C28H29Cl3N4O4S/c29-19-6-4-5-18(13-19)14-23-27(36)33(21-8-9-21)17-26-34(40(38,39)25-10-7-20(30)15-22(25)31)16-24(28(37)35(23)26)32-11-2-1-3-12-32/h4-7,10,13,15,17,21,23-24H,1-3,8-9,11-12,14,16H2. The molecule has 2 atom stereocenters. The van der Waals surface area contributed by atoms with E-state index in [-0.39, 0.29) is 46.6 Å². The highest BCUT2D eigenvalue weighted by molar-refractivity contribution is 7.89. The summed E-state index contributed by atoms with van der Waals surface area (Å²) < 4.78 is 29.8. The van der Waals surface area contributed by atoms with Crippen LogP contribution in [0.1, 0.15) is 37.7 Å². The number of carbonyl (C=O) groups is 2. The van der Waals surface area contributed by atoms with E-state index < -0.39 is 22.1 Å². The molecule has 6 rings (SSSR count). The average molecular weight is 624 g/mol. The molecular formula is C28H29Cl3N4O4S. The number of sulfonamides is 1. The molecule has 2 amide bonds. The third kappa shape index (κ3) is 5.11. The number of rotatable bonds is 6. The summed E-state index contributed by atoms with van der Waals surface area (Å²) in [6.07, 6.45) is 6.28.